The number of likely N-dealkylation sites (tertiary alicyclic amines) is 3. The highest BCUT2D eigenvalue weighted by atomic mass is 35.5. The van der Waals surface area contributed by atoms with Crippen LogP contribution in [0, 0.1) is 36.5 Å². The van der Waals surface area contributed by atoms with Crippen molar-refractivity contribution < 1.29 is 67.3 Å². The van der Waals surface area contributed by atoms with E-state index in [1.807, 2.05) is 0 Å². The van der Waals surface area contributed by atoms with E-state index in [0.29, 0.717) is 40.1 Å². The van der Waals surface area contributed by atoms with Crippen LogP contribution in [0.5, 0.6) is 0 Å². The maximum Gasteiger partial charge on any atom is 0.162 e. The Balaban J connectivity index is 0.000000217. The molecule has 12 rings (SSSR count). The van der Waals surface area contributed by atoms with Crippen LogP contribution < -0.4 is 15.9 Å². The molecule has 21 heteroatoms. The van der Waals surface area contributed by atoms with Crippen LogP contribution in [0.2, 0.25) is 22.3 Å². The van der Waals surface area contributed by atoms with Gasteiger partial charge in [-0.25, -0.2) is 29.9 Å². The summed E-state index contributed by atoms with van der Waals surface area (Å²) in [5.41, 5.74) is -4.18. The molecular formula is C59H62Cl4N14S3. The standard InChI is InChI=1S/C20H20ClN5S.C19H20Cl2N4S.C19H18ClN5S.CH4/c1-13-2-3-14(8-15(13)10-22)11-26-6-4-16(5-7-26)25-19-17-9-18(21)27-20(17)24-12-23-19;1-12-2-3-13(8-16(12)20)10-25-6-4-14(5-7-25)24-18-15-9-17(21)26-19(15)23-11-22-18;20-17-9-16-18(22-12-23-19(16)26-17)24-15-4-6-25(7-5-15)11-14-3-1-2-13(8-14)10-21;/h2-3,8-9,12,16H,4-7,11H2,1H3,(H,23,24,25);2-3,8-9,11,14H,4-7,10H2,1H3,(H,22,23,24);1-3,8-9,12,15H,4-7,11H2,(H,22,23,24);1H4/i3D,4D2,5D2,6D2,7D2,8D,9D,11D2,12D,16D;3D,4D2,5D2,6D2,7D2,8D,9D,10D2,11D,14D;2D,3D,4D2,5D2,6D2,7D2,8D,9D,11D2,12D,15D;/hD3. The summed E-state index contributed by atoms with van der Waals surface area (Å²) in [6.07, 6.45) is -26.8. The first-order valence-corrected chi connectivity index (χ1v) is 25.4. The Morgan fingerprint density at radius 3 is 1.36 bits per heavy atom. The maximum absolute atomic E-state index is 9.48. The van der Waals surface area contributed by atoms with E-state index < -0.39 is 270 Å². The van der Waals surface area contributed by atoms with Crippen molar-refractivity contribution in [3.63, 3.8) is 0 Å². The number of hydrogen-bond acceptors (Lipinski definition) is 17. The number of halogens is 4. The van der Waals surface area contributed by atoms with E-state index in [1.165, 1.54) is 19.9 Å². The maximum atomic E-state index is 9.48. The van der Waals surface area contributed by atoms with Gasteiger partial charge < -0.3 is 15.9 Å². The molecule has 0 bridgehead atoms. The third-order valence-electron chi connectivity index (χ3n) is 9.50. The molecule has 0 saturated carbocycles. The molecule has 80 heavy (non-hydrogen) atoms. The van der Waals surface area contributed by atoms with Gasteiger partial charge in [0.25, 0.3) is 0 Å². The van der Waals surface area contributed by atoms with Crippen LogP contribution >= 0.6 is 80.4 Å². The molecule has 3 aromatic carbocycles. The molecule has 0 aliphatic carbocycles. The lowest BCUT2D eigenvalue weighted by atomic mass is 10.0. The normalized spacial score (nSPS) is 33.9. The van der Waals surface area contributed by atoms with Gasteiger partial charge in [0.1, 0.15) is 55.0 Å². The van der Waals surface area contributed by atoms with Crippen LogP contribution in [0.3, 0.4) is 0 Å². The largest absolute Gasteiger partial charge is 0.367 e. The number of nitriles is 2. The number of aromatic nitrogens is 6. The molecule has 14 nitrogen and oxygen atoms in total. The zero-order valence-electron chi connectivity index (χ0n) is 88.2. The van der Waals surface area contributed by atoms with E-state index in [-0.39, 0.29) is 67.0 Å². The third kappa shape index (κ3) is 15.4. The van der Waals surface area contributed by atoms with Gasteiger partial charge in [0, 0.05) is 123 Å². The molecule has 3 saturated heterocycles. The molecule has 0 amide bonds. The predicted octanol–water partition coefficient (Wildman–Crippen LogP) is 14.9. The lowest BCUT2D eigenvalue weighted by Gasteiger charge is -2.32. The summed E-state index contributed by atoms with van der Waals surface area (Å²) in [6, 6.07) is -13.8. The van der Waals surface area contributed by atoms with Crippen molar-refractivity contribution in [2.75, 3.05) is 54.9 Å². The second-order valence-corrected chi connectivity index (χ2v) is 20.0. The number of thiophene rings is 3. The molecule has 0 atom stereocenters. The number of anilines is 3. The fraction of sp³-hybridized carbons (Fsp3) is 0.356. The van der Waals surface area contributed by atoms with Crippen LogP contribution in [-0.2, 0) is 19.5 Å². The van der Waals surface area contributed by atoms with Crippen molar-refractivity contribution in [1.29, 1.82) is 10.5 Å². The van der Waals surface area contributed by atoms with E-state index >= 15 is 0 Å². The number of hydrogen-bond donors (Lipinski definition) is 3. The molecule has 3 fully saturated rings. The first-order chi connectivity index (χ1) is 57.6. The first kappa shape index (κ1) is 23.1. The average molecular weight is 1250 g/mol. The monoisotopic (exact) mass is 1250 g/mol. The Bertz CT molecular complexity index is 5850. The summed E-state index contributed by atoms with van der Waals surface area (Å²) in [5.74, 6) is -2.77. The van der Waals surface area contributed by atoms with Gasteiger partial charge in [-0.3, -0.25) is 14.7 Å². The van der Waals surface area contributed by atoms with Gasteiger partial charge in [0.2, 0.25) is 0 Å². The Morgan fingerprint density at radius 1 is 0.575 bits per heavy atom. The summed E-state index contributed by atoms with van der Waals surface area (Å²) in [4.78, 5) is 20.1. The number of nitrogens with one attached hydrogen (secondary N) is 3. The van der Waals surface area contributed by atoms with Crippen molar-refractivity contribution in [2.45, 2.75) is 97.1 Å². The third-order valence-corrected chi connectivity index (χ3v) is 13.2. The zero-order chi connectivity index (χ0) is 98.4. The van der Waals surface area contributed by atoms with Crippen LogP contribution in [0.1, 0.15) is 148 Å². The molecule has 0 spiro atoms. The average Bonchev–Trinajstić information content (AvgIpc) is 1.26. The number of fused-ring (bicyclic) bond motifs is 3. The van der Waals surface area contributed by atoms with Crippen molar-refractivity contribution in [3.05, 3.63) is 155 Å². The molecule has 9 aromatic rings. The molecule has 3 N–H and O–H groups in total. The second kappa shape index (κ2) is 27.8. The molecule has 3 aliphatic rings. The minimum Gasteiger partial charge on any atom is -0.367 e. The van der Waals surface area contributed by atoms with Gasteiger partial charge in [-0.05, 0) is 122 Å². The smallest absolute Gasteiger partial charge is 0.162 e. The number of aryl methyl sites for hydroxylation is 2. The zero-order valence-corrected chi connectivity index (χ0v) is 44.7. The van der Waals surface area contributed by atoms with Gasteiger partial charge in [0.05, 0.1) is 70.3 Å². The van der Waals surface area contributed by atoms with E-state index in [4.69, 9.17) is 114 Å². The van der Waals surface area contributed by atoms with Crippen LogP contribution in [-0.4, -0.2) is 102 Å². The minimum atomic E-state index is -4.09. The van der Waals surface area contributed by atoms with Crippen molar-refractivity contribution in [2.24, 2.45) is 0 Å². The summed E-state index contributed by atoms with van der Waals surface area (Å²) in [6.45, 7) is -32.6. The molecule has 3 aliphatic heterocycles. The molecule has 6 aromatic heterocycles. The number of benzene rings is 3. The Morgan fingerprint density at radius 2 is 0.963 bits per heavy atom. The minimum absolute atomic E-state index is 0. The van der Waals surface area contributed by atoms with E-state index in [1.54, 1.807) is 6.07 Å². The fourth-order valence-electron chi connectivity index (χ4n) is 5.95. The van der Waals surface area contributed by atoms with Crippen molar-refractivity contribution >= 4 is 129 Å². The van der Waals surface area contributed by atoms with Gasteiger partial charge in [0.15, 0.2) is 4.24 Å². The molecule has 414 valence electrons. The summed E-state index contributed by atoms with van der Waals surface area (Å²) >= 11 is 26.0. The van der Waals surface area contributed by atoms with E-state index in [2.05, 4.69) is 29.9 Å². The number of piperidine rings is 3. The quantitative estimate of drug-likeness (QED) is 0.106. The van der Waals surface area contributed by atoms with Gasteiger partial charge >= 0.3 is 0 Å². The van der Waals surface area contributed by atoms with Crippen molar-refractivity contribution in [3.8, 4) is 12.1 Å². The molecule has 0 radical (unpaired) electrons. The first-order valence-electron chi connectivity index (χ1n) is 45.8. The van der Waals surface area contributed by atoms with Crippen LogP contribution in [0.25, 0.3) is 30.6 Å². The highest BCUT2D eigenvalue weighted by molar-refractivity contribution is 7.23. The Labute approximate surface area is 568 Å². The number of nitrogens with zero attached hydrogens (tertiary/aromatic N) is 11. The SMILES string of the molecule is C.[2H]c1nc(N([2H])C2([2H])C([2H])([2H])C([2H])([2H])N(C([2H])([2H])c3c([2H])cc(C)c(C#N)c3[2H])C([2H])([2H])C2([2H])[2H])c2c([2H])c(Cl)sc2n1.[2H]c1nc(N([2H])C2([2H])C([2H])([2H])C([2H])([2H])N(C([2H])([2H])c3c([2H])cc(C)c(Cl)c3[2H])C([2H])([2H])C2([2H])[2H])c2c([2H])c(Cl)sc2n1.[2H]c1nc(N([2H])C2([2H])C([2H])([2H])C([2H])([2H])N(C([2H])([2H])c3c([2H])cc([2H])c(C#N)c3[2H])C([2H])([2H])C2([2H])[2H])c2c([2H])c(Cl)sc2n1. The predicted molar refractivity (Wildman–Crippen MR) is 333 cm³/mol. The molecule has 9 heterocycles. The lowest BCUT2D eigenvalue weighted by molar-refractivity contribution is 0.211. The van der Waals surface area contributed by atoms with Gasteiger partial charge in [-0.15, -0.1) is 34.0 Å². The Kier molecular flexibility index (Phi) is 8.02. The summed E-state index contributed by atoms with van der Waals surface area (Å²) in [5, 5.41) is 16.3. The summed E-state index contributed by atoms with van der Waals surface area (Å²) in [7, 11) is 0. The lowest BCUT2D eigenvalue weighted by Crippen LogP contribution is -2.38. The molecule has 0 unspecified atom stereocenters. The number of rotatable bonds is 12. The fourth-order valence-corrected chi connectivity index (χ4v) is 9.00. The van der Waals surface area contributed by atoms with E-state index in [0.717, 1.165) is 12.1 Å². The second-order valence-electron chi connectivity index (χ2n) is 14.8. The van der Waals surface area contributed by atoms with Gasteiger partial charge in [-0.1, -0.05) is 90.2 Å². The van der Waals surface area contributed by atoms with Crippen molar-refractivity contribution in [1.82, 2.24) is 44.6 Å². The van der Waals surface area contributed by atoms with E-state index in [9.17, 15) is 10.5 Å². The van der Waals surface area contributed by atoms with Gasteiger partial charge in [-0.2, -0.15) is 10.5 Å². The van der Waals surface area contributed by atoms with Crippen LogP contribution in [0.15, 0.2) is 97.5 Å². The summed E-state index contributed by atoms with van der Waals surface area (Å²) < 4.78 is 419. The highest BCUT2D eigenvalue weighted by Crippen LogP contribution is 2.35. The topological polar surface area (TPSA) is 171 Å². The van der Waals surface area contributed by atoms with Crippen LogP contribution in [0.4, 0.5) is 17.5 Å². The highest BCUT2D eigenvalue weighted by Gasteiger charge is 2.24. The molecular weight excluding hydrogens is 1140 g/mol. The Hall–Kier alpha value is -5.80.